The number of hydrogen-bond donors (Lipinski definition) is 1. The van der Waals surface area contributed by atoms with Crippen LogP contribution in [0.3, 0.4) is 0 Å². The molecule has 0 radical (unpaired) electrons. The Hall–Kier alpha value is -1.23. The van der Waals surface area contributed by atoms with Gasteiger partial charge in [0.2, 0.25) is 5.92 Å². The number of nitrogens with two attached hydrogens (primary N) is 1. The number of aromatic nitrogens is 1. The summed E-state index contributed by atoms with van der Waals surface area (Å²) in [5.41, 5.74) is 7.08. The summed E-state index contributed by atoms with van der Waals surface area (Å²) < 4.78 is 31.9. The van der Waals surface area contributed by atoms with Crippen LogP contribution in [0.15, 0.2) is 18.5 Å². The van der Waals surface area contributed by atoms with E-state index in [0.29, 0.717) is 18.6 Å². The number of alkyl halides is 2. The number of pyridine rings is 1. The summed E-state index contributed by atoms with van der Waals surface area (Å²) in [5.74, 6) is -1.75. The number of hydrogen-bond acceptors (Lipinski definition) is 3. The lowest BCUT2D eigenvalue weighted by atomic mass is 9.80. The summed E-state index contributed by atoms with van der Waals surface area (Å²) in [4.78, 5) is 4.13. The Kier molecular flexibility index (Phi) is 4.58. The zero-order valence-corrected chi connectivity index (χ0v) is 12.0. The molecule has 2 rings (SSSR count). The van der Waals surface area contributed by atoms with Crippen molar-refractivity contribution >= 4 is 0 Å². The number of halogens is 2. The standard InChI is InChI=1S/C15H22F2N2O/c1-10(2)20-13-7-12(8-19-9-13)14(18)11-3-5-15(16,17)6-4-11/h7-11,14H,3-6,18H2,1-2H3. The maximum absolute atomic E-state index is 13.2. The van der Waals surface area contributed by atoms with Crippen molar-refractivity contribution in [2.45, 2.75) is 57.6 Å². The number of rotatable bonds is 4. The van der Waals surface area contributed by atoms with E-state index in [4.69, 9.17) is 10.5 Å². The minimum atomic E-state index is -2.52. The highest BCUT2D eigenvalue weighted by molar-refractivity contribution is 5.26. The van der Waals surface area contributed by atoms with Gasteiger partial charge in [0.1, 0.15) is 5.75 Å². The van der Waals surface area contributed by atoms with E-state index >= 15 is 0 Å². The van der Waals surface area contributed by atoms with Crippen LogP contribution in [0.2, 0.25) is 0 Å². The molecule has 1 aromatic rings. The summed E-state index contributed by atoms with van der Waals surface area (Å²) >= 11 is 0. The first-order valence-electron chi connectivity index (χ1n) is 7.12. The Morgan fingerprint density at radius 3 is 2.55 bits per heavy atom. The highest BCUT2D eigenvalue weighted by Crippen LogP contribution is 2.40. The van der Waals surface area contributed by atoms with Gasteiger partial charge in [-0.3, -0.25) is 4.98 Å². The van der Waals surface area contributed by atoms with Gasteiger partial charge in [0.25, 0.3) is 0 Å². The summed E-state index contributed by atoms with van der Waals surface area (Å²) in [6, 6.07) is 1.61. The lowest BCUT2D eigenvalue weighted by molar-refractivity contribution is -0.0483. The zero-order valence-electron chi connectivity index (χ0n) is 12.0. The quantitative estimate of drug-likeness (QED) is 0.917. The largest absolute Gasteiger partial charge is 0.489 e. The van der Waals surface area contributed by atoms with Crippen molar-refractivity contribution < 1.29 is 13.5 Å². The molecule has 5 heteroatoms. The molecule has 1 unspecified atom stereocenters. The third kappa shape index (κ3) is 3.88. The molecular formula is C15H22F2N2O. The smallest absolute Gasteiger partial charge is 0.248 e. The molecule has 1 aliphatic carbocycles. The Bertz CT molecular complexity index is 441. The van der Waals surface area contributed by atoms with E-state index in [1.807, 2.05) is 19.9 Å². The van der Waals surface area contributed by atoms with Gasteiger partial charge in [-0.2, -0.15) is 0 Å². The molecule has 0 saturated heterocycles. The maximum atomic E-state index is 13.2. The van der Waals surface area contributed by atoms with Crippen LogP contribution in [-0.2, 0) is 0 Å². The molecule has 1 saturated carbocycles. The molecule has 0 aromatic carbocycles. The molecule has 1 aromatic heterocycles. The van der Waals surface area contributed by atoms with Gasteiger partial charge in [0, 0.05) is 25.1 Å². The van der Waals surface area contributed by atoms with Gasteiger partial charge in [0.05, 0.1) is 12.3 Å². The summed E-state index contributed by atoms with van der Waals surface area (Å²) in [6.07, 6.45) is 4.20. The van der Waals surface area contributed by atoms with E-state index in [-0.39, 0.29) is 30.9 Å². The highest BCUT2D eigenvalue weighted by atomic mass is 19.3. The Labute approximate surface area is 118 Å². The summed E-state index contributed by atoms with van der Waals surface area (Å²) in [5, 5.41) is 0. The van der Waals surface area contributed by atoms with Crippen LogP contribution in [0.4, 0.5) is 8.78 Å². The van der Waals surface area contributed by atoms with Crippen molar-refractivity contribution in [3.63, 3.8) is 0 Å². The van der Waals surface area contributed by atoms with Crippen molar-refractivity contribution in [1.82, 2.24) is 4.98 Å². The van der Waals surface area contributed by atoms with E-state index < -0.39 is 5.92 Å². The fourth-order valence-electron chi connectivity index (χ4n) is 2.65. The second-order valence-electron chi connectivity index (χ2n) is 5.84. The van der Waals surface area contributed by atoms with Crippen LogP contribution in [0.5, 0.6) is 5.75 Å². The Morgan fingerprint density at radius 1 is 1.30 bits per heavy atom. The van der Waals surface area contributed by atoms with Crippen LogP contribution in [0.1, 0.15) is 51.1 Å². The molecule has 3 nitrogen and oxygen atoms in total. The fourth-order valence-corrected chi connectivity index (χ4v) is 2.65. The second kappa shape index (κ2) is 6.04. The van der Waals surface area contributed by atoms with Gasteiger partial charge in [0.15, 0.2) is 0 Å². The molecule has 20 heavy (non-hydrogen) atoms. The lowest BCUT2D eigenvalue weighted by Gasteiger charge is -2.32. The monoisotopic (exact) mass is 284 g/mol. The third-order valence-electron chi connectivity index (χ3n) is 3.76. The molecule has 112 valence electrons. The molecule has 1 atom stereocenters. The molecule has 0 amide bonds. The van der Waals surface area contributed by atoms with E-state index in [1.165, 1.54) is 0 Å². The summed E-state index contributed by atoms with van der Waals surface area (Å²) in [6.45, 7) is 3.88. The molecule has 1 heterocycles. The minimum Gasteiger partial charge on any atom is -0.489 e. The molecule has 1 aliphatic rings. The molecule has 0 bridgehead atoms. The zero-order chi connectivity index (χ0) is 14.8. The number of nitrogens with zero attached hydrogens (tertiary/aromatic N) is 1. The lowest BCUT2D eigenvalue weighted by Crippen LogP contribution is -2.31. The predicted molar refractivity (Wildman–Crippen MR) is 73.8 cm³/mol. The van der Waals surface area contributed by atoms with Crippen LogP contribution >= 0.6 is 0 Å². The Morgan fingerprint density at radius 2 is 1.95 bits per heavy atom. The van der Waals surface area contributed by atoms with Crippen LogP contribution in [0, 0.1) is 5.92 Å². The molecule has 0 aliphatic heterocycles. The van der Waals surface area contributed by atoms with Crippen molar-refractivity contribution in [3.05, 3.63) is 24.0 Å². The van der Waals surface area contributed by atoms with E-state index in [1.54, 1.807) is 12.4 Å². The van der Waals surface area contributed by atoms with E-state index in [0.717, 1.165) is 5.56 Å². The first-order valence-corrected chi connectivity index (χ1v) is 7.12. The van der Waals surface area contributed by atoms with Crippen molar-refractivity contribution in [2.75, 3.05) is 0 Å². The molecule has 0 spiro atoms. The third-order valence-corrected chi connectivity index (χ3v) is 3.76. The van der Waals surface area contributed by atoms with Gasteiger partial charge in [-0.1, -0.05) is 0 Å². The molecule has 2 N–H and O–H groups in total. The SMILES string of the molecule is CC(C)Oc1cncc(C(N)C2CCC(F)(F)CC2)c1. The van der Waals surface area contributed by atoms with Gasteiger partial charge in [-0.15, -0.1) is 0 Å². The molecular weight excluding hydrogens is 262 g/mol. The van der Waals surface area contributed by atoms with Gasteiger partial charge in [-0.25, -0.2) is 8.78 Å². The van der Waals surface area contributed by atoms with E-state index in [9.17, 15) is 8.78 Å². The van der Waals surface area contributed by atoms with Crippen molar-refractivity contribution in [2.24, 2.45) is 11.7 Å². The molecule has 1 fully saturated rings. The predicted octanol–water partition coefficient (Wildman–Crippen LogP) is 3.69. The van der Waals surface area contributed by atoms with Crippen molar-refractivity contribution in [3.8, 4) is 5.75 Å². The van der Waals surface area contributed by atoms with Gasteiger partial charge < -0.3 is 10.5 Å². The second-order valence-corrected chi connectivity index (χ2v) is 5.84. The van der Waals surface area contributed by atoms with Crippen LogP contribution < -0.4 is 10.5 Å². The number of ether oxygens (including phenoxy) is 1. The normalized spacial score (nSPS) is 20.9. The average molecular weight is 284 g/mol. The first-order chi connectivity index (χ1) is 9.37. The fraction of sp³-hybridized carbons (Fsp3) is 0.667. The Balaban J connectivity index is 2.04. The van der Waals surface area contributed by atoms with Crippen molar-refractivity contribution in [1.29, 1.82) is 0 Å². The average Bonchev–Trinajstić information content (AvgIpc) is 2.37. The van der Waals surface area contributed by atoms with Crippen LogP contribution in [0.25, 0.3) is 0 Å². The van der Waals surface area contributed by atoms with Gasteiger partial charge >= 0.3 is 0 Å². The van der Waals surface area contributed by atoms with Gasteiger partial charge in [-0.05, 0) is 44.2 Å². The maximum Gasteiger partial charge on any atom is 0.248 e. The van der Waals surface area contributed by atoms with Crippen LogP contribution in [-0.4, -0.2) is 17.0 Å². The highest BCUT2D eigenvalue weighted by Gasteiger charge is 2.37. The minimum absolute atomic E-state index is 0.0663. The first kappa shape index (κ1) is 15.2. The van der Waals surface area contributed by atoms with E-state index in [2.05, 4.69) is 4.98 Å². The summed E-state index contributed by atoms with van der Waals surface area (Å²) in [7, 11) is 0. The topological polar surface area (TPSA) is 48.1 Å².